The minimum absolute atomic E-state index is 0.0109. The van der Waals surface area contributed by atoms with Gasteiger partial charge in [0.05, 0.1) is 43.5 Å². The van der Waals surface area contributed by atoms with Gasteiger partial charge in [-0.15, -0.1) is 35.0 Å². The Labute approximate surface area is 510 Å². The topological polar surface area (TPSA) is 649 Å². The number of carbonyl (C=O) groups is 1. The van der Waals surface area contributed by atoms with Crippen molar-refractivity contribution in [3.63, 3.8) is 0 Å². The first-order valence-electron chi connectivity index (χ1n) is 23.2. The number of phenolic OH excluding ortho intramolecular Hbond substituents is 2. The van der Waals surface area contributed by atoms with Crippen LogP contribution in [-0.2, 0) is 70.1 Å². The molecule has 0 amide bonds. The zero-order valence-corrected chi connectivity index (χ0v) is 50.1. The van der Waals surface area contributed by atoms with Crippen LogP contribution in [0.1, 0.15) is 16.1 Å². The third-order valence-corrected chi connectivity index (χ3v) is 17.7. The highest BCUT2D eigenvalue weighted by molar-refractivity contribution is 7.94. The van der Waals surface area contributed by atoms with Crippen LogP contribution < -0.4 is 11.3 Å². The Balaban J connectivity index is 0.000000309. The van der Waals surface area contributed by atoms with Crippen LogP contribution in [0.3, 0.4) is 0 Å². The number of aromatic hydroxyl groups is 2. The molecule has 0 spiro atoms. The number of anilines is 1. The molecule has 0 aliphatic heterocycles. The summed E-state index contributed by atoms with van der Waals surface area (Å²) in [6.45, 7) is 1.57. The van der Waals surface area contributed by atoms with Gasteiger partial charge in [0, 0.05) is 35.3 Å². The lowest BCUT2D eigenvalue weighted by Crippen LogP contribution is -2.14. The van der Waals surface area contributed by atoms with Gasteiger partial charge in [-0.05, 0) is 85.3 Å². The van der Waals surface area contributed by atoms with Crippen LogP contribution in [0.15, 0.2) is 171 Å². The summed E-state index contributed by atoms with van der Waals surface area (Å²) >= 11 is 0.0109. The van der Waals surface area contributed by atoms with Gasteiger partial charge in [-0.2, -0.15) is 60.7 Å². The molecule has 0 saturated heterocycles. The summed E-state index contributed by atoms with van der Waals surface area (Å²) in [4.78, 5) is 28.3. The van der Waals surface area contributed by atoms with E-state index in [0.29, 0.717) is 23.8 Å². The van der Waals surface area contributed by atoms with E-state index in [0.717, 1.165) is 72.4 Å². The number of azo groups is 4. The second-order valence-electron chi connectivity index (χ2n) is 17.5. The molecule has 0 atom stereocenters. The average molecular weight is 1400 g/mol. The Morgan fingerprint density at radius 2 is 1.13 bits per heavy atom. The lowest BCUT2D eigenvalue weighted by atomic mass is 10.0. The number of non-ortho nitro benzene ring substituents is 1. The van der Waals surface area contributed by atoms with E-state index in [1.165, 1.54) is 12.1 Å². The molecule has 0 radical (unpaired) electrons. The Bertz CT molecular complexity index is 5310. The molecule has 7 aromatic carbocycles. The monoisotopic (exact) mass is 1400 g/mol. The first-order chi connectivity index (χ1) is 42.1. The number of nitro groups is 1. The van der Waals surface area contributed by atoms with Gasteiger partial charge in [0.2, 0.25) is 0 Å². The smallest absolute Gasteiger partial charge is 0.356 e. The average Bonchev–Trinajstić information content (AvgIpc) is 1.35. The number of carboxylic acids is 1. The number of aromatic nitrogens is 2. The number of fused-ring (bicyclic) bond motifs is 2. The number of nitrogens with two attached hydrogens (primary N) is 1. The predicted molar refractivity (Wildman–Crippen MR) is 306 cm³/mol. The number of nitro benzene ring substituents is 1. The molecule has 0 bridgehead atoms. The minimum atomic E-state index is -5.47. The molecule has 0 aliphatic rings. The van der Waals surface area contributed by atoms with Gasteiger partial charge in [-0.1, -0.05) is 11.1 Å². The van der Waals surface area contributed by atoms with Gasteiger partial charge in [-0.25, -0.2) is 14.7 Å². The van der Waals surface area contributed by atoms with Gasteiger partial charge in [-0.3, -0.25) is 47.3 Å². The summed E-state index contributed by atoms with van der Waals surface area (Å²) in [6.07, 6.45) is 0. The highest BCUT2D eigenvalue weighted by Crippen LogP contribution is 2.51. The number of aryl methyl sites for hydroxylation is 1. The van der Waals surface area contributed by atoms with Crippen LogP contribution in [0.25, 0.3) is 27.2 Å². The summed E-state index contributed by atoms with van der Waals surface area (Å²) in [5, 5.41) is 83.4. The third-order valence-electron chi connectivity index (χ3n) is 11.7. The Morgan fingerprint density at radius 3 is 1.66 bits per heavy atom. The van der Waals surface area contributed by atoms with Gasteiger partial charge in [0.25, 0.3) is 72.0 Å². The molecule has 40 nitrogen and oxygen atoms in total. The number of aromatic carboxylic acids is 1. The summed E-state index contributed by atoms with van der Waals surface area (Å²) in [5.41, 5.74) is -1.50. The van der Waals surface area contributed by atoms with Gasteiger partial charge < -0.3 is 21.1 Å². The van der Waals surface area contributed by atoms with E-state index in [1.807, 2.05) is 0 Å². The second kappa shape index (κ2) is 25.7. The summed E-state index contributed by atoms with van der Waals surface area (Å²) in [5.74, 6) is -3.77. The predicted octanol–water partition coefficient (Wildman–Crippen LogP) is 7.94. The maximum absolute atomic E-state index is 12.7. The lowest BCUT2D eigenvalue weighted by molar-refractivity contribution is -0.432. The van der Waals surface area contributed by atoms with Crippen molar-refractivity contribution in [2.75, 3.05) is 12.8 Å². The standard InChI is InChI=1S/C27H20N8O19S5.C17H14N4O9S2/c1-29-33-24-20(58(47,48)49)8-12-11(25(24)36)3-5-15(27(12)59(50,51)52)31-32-16-9-18(56(41,42)43)13-7-17(55-54-53-40)23(26(37)21(13)22(16)28)34-30-14-4-2-10(35(38)39)6-19(14)57(44,45)46;1-9-2-7-12(13(8-9)32(28,29)30)18-19-14-15(17(23)24)20-21(16(14)22)10-3-5-11(6-4-10)31(25,26)27/h2-9,36-37,40H,28H2,1H3,(H,41,42,43)(H,44,45,46)(H,47,48,49)(H,50,51,52);2-8,20H,1H3,(H,23,24)(H,25,26,27)(H,28,29,30). The van der Waals surface area contributed by atoms with E-state index in [4.69, 9.17) is 15.5 Å². The zero-order valence-electron chi connectivity index (χ0n) is 44.4. The largest absolute Gasteiger partial charge is 0.505 e. The number of hydrogen-bond donors (Lipinski definition) is 12. The fourth-order valence-corrected chi connectivity index (χ4v) is 12.4. The van der Waals surface area contributed by atoms with Crippen molar-refractivity contribution < 1.29 is 117 Å². The molecule has 1 aromatic heterocycles. The number of benzene rings is 7. The molecule has 0 unspecified atom stereocenters. The fraction of sp³-hybridized carbons (Fsp3) is 0.0455. The normalized spacial score (nSPS) is 12.8. The fourth-order valence-electron chi connectivity index (χ4n) is 7.89. The van der Waals surface area contributed by atoms with Crippen LogP contribution in [-0.4, -0.2) is 126 Å². The van der Waals surface area contributed by atoms with Crippen molar-refractivity contribution >= 4 is 151 Å². The number of nitrogens with one attached hydrogen (secondary N) is 1. The molecule has 480 valence electrons. The Kier molecular flexibility index (Phi) is 19.5. The van der Waals surface area contributed by atoms with E-state index >= 15 is 0 Å². The van der Waals surface area contributed by atoms with Crippen LogP contribution in [0.5, 0.6) is 11.5 Å². The summed E-state index contributed by atoms with van der Waals surface area (Å²) in [6, 6.07) is 13.6. The van der Waals surface area contributed by atoms with Crippen molar-refractivity contribution in [3.05, 3.63) is 123 Å². The first-order valence-corrected chi connectivity index (χ1v) is 32.6. The molecule has 1 heterocycles. The molecular weight excluding hydrogens is 1370 g/mol. The zero-order chi connectivity index (χ0) is 67.8. The van der Waals surface area contributed by atoms with Crippen LogP contribution in [0.4, 0.5) is 51.2 Å². The lowest BCUT2D eigenvalue weighted by Gasteiger charge is -2.15. The number of nitrogens with zero attached hydrogens (tertiary/aromatic N) is 10. The molecule has 13 N–H and O–H groups in total. The number of rotatable bonds is 19. The second-order valence-corrected chi connectivity index (χ2v) is 26.6. The SMILES string of the molecule is CN=Nc1c(S(=O)(=O)O)cc2c(S(=O)(=O)O)c(N=Nc3cc(S(=O)(=O)O)c4cc(SOOO)c(N=Nc5ccc([N+](=O)[O-])cc5S(=O)(=O)O)c(O)c4c3N)ccc2c1O.Cc1ccc(N=Nc2c(C(=O)O)[nH]n(-c3ccc(S(=O)(=O)O)cc3)c2=O)c(S(=O)(=O)O)c1. The van der Waals surface area contributed by atoms with Gasteiger partial charge in [0.15, 0.2) is 22.9 Å². The molecule has 91 heavy (non-hydrogen) atoms. The van der Waals surface area contributed by atoms with Gasteiger partial charge >= 0.3 is 5.97 Å². The van der Waals surface area contributed by atoms with E-state index < -0.39 is 196 Å². The molecule has 8 aromatic rings. The number of aromatic amines is 1. The van der Waals surface area contributed by atoms with Crippen LogP contribution in [0.2, 0.25) is 0 Å². The number of hydrogen-bond acceptors (Lipinski definition) is 31. The Hall–Kier alpha value is -9.57. The van der Waals surface area contributed by atoms with E-state index in [1.54, 1.807) is 6.92 Å². The van der Waals surface area contributed by atoms with Crippen molar-refractivity contribution in [1.29, 1.82) is 0 Å². The molecular formula is C44H34N12O28S7. The van der Waals surface area contributed by atoms with Crippen LogP contribution >= 0.6 is 12.0 Å². The molecule has 0 fully saturated rings. The molecule has 0 saturated carbocycles. The molecule has 47 heteroatoms. The maximum atomic E-state index is 12.7. The number of H-pyrrole nitrogens is 1. The highest BCUT2D eigenvalue weighted by atomic mass is 32.2. The Morgan fingerprint density at radius 1 is 0.593 bits per heavy atom. The van der Waals surface area contributed by atoms with Crippen molar-refractivity contribution in [3.8, 4) is 17.2 Å². The number of nitrogen functional groups attached to an aromatic ring is 1. The quantitative estimate of drug-likeness (QED) is 0.00695. The minimum Gasteiger partial charge on any atom is -0.505 e. The van der Waals surface area contributed by atoms with Crippen LogP contribution in [0, 0.1) is 17.0 Å². The van der Waals surface area contributed by atoms with E-state index in [9.17, 15) is 108 Å². The highest BCUT2D eigenvalue weighted by Gasteiger charge is 2.31. The molecule has 8 rings (SSSR count). The van der Waals surface area contributed by atoms with E-state index in [2.05, 4.69) is 55.4 Å². The maximum Gasteiger partial charge on any atom is 0.356 e. The first kappa shape index (κ1) is 68.9. The van der Waals surface area contributed by atoms with Crippen molar-refractivity contribution in [2.45, 2.75) is 41.2 Å². The van der Waals surface area contributed by atoms with Crippen molar-refractivity contribution in [1.82, 2.24) is 9.78 Å². The molecule has 0 aliphatic carbocycles. The number of carboxylic acid groups (broad SMARTS) is 1. The third kappa shape index (κ3) is 15.0. The van der Waals surface area contributed by atoms with Crippen molar-refractivity contribution in [2.24, 2.45) is 40.9 Å². The summed E-state index contributed by atoms with van der Waals surface area (Å²) in [7, 11) is -29.4. The number of phenols is 2. The van der Waals surface area contributed by atoms with E-state index in [-0.39, 0.29) is 23.4 Å². The van der Waals surface area contributed by atoms with Gasteiger partial charge in [0.1, 0.15) is 58.6 Å². The summed E-state index contributed by atoms with van der Waals surface area (Å²) < 4.78 is 208.